The third-order valence-electron chi connectivity index (χ3n) is 2.64. The average Bonchev–Trinajstić information content (AvgIpc) is 2.42. The lowest BCUT2D eigenvalue weighted by Crippen LogP contribution is -2.20. The minimum absolute atomic E-state index is 0.201. The maximum Gasteiger partial charge on any atom is 0.260 e. The van der Waals surface area contributed by atoms with Crippen molar-refractivity contribution in [3.05, 3.63) is 39.1 Å². The maximum atomic E-state index is 12.3. The summed E-state index contributed by atoms with van der Waals surface area (Å²) >= 11 is 8.96. The van der Waals surface area contributed by atoms with Crippen molar-refractivity contribution < 1.29 is 9.59 Å². The molecule has 0 spiro atoms. The molecular weight excluding hydrogens is 314 g/mol. The summed E-state index contributed by atoms with van der Waals surface area (Å²) in [7, 11) is 0. The molecule has 0 atom stereocenters. The molecule has 1 fully saturated rings. The van der Waals surface area contributed by atoms with E-state index < -0.39 is 0 Å². The standard InChI is InChI=1S/C14H14ClNO2S2/c1-9(17)12(14-19-7-2-8-20-14)13(18)16-11-5-3-10(15)4-6-11/h3-6H,2,7-8H2,1H3,(H,16,18). The predicted octanol–water partition coefficient (Wildman–Crippen LogP) is 3.95. The smallest absolute Gasteiger partial charge is 0.260 e. The molecule has 1 N–H and O–H groups in total. The van der Waals surface area contributed by atoms with E-state index in [9.17, 15) is 9.59 Å². The van der Waals surface area contributed by atoms with Gasteiger partial charge in [-0.05, 0) is 49.1 Å². The lowest BCUT2D eigenvalue weighted by molar-refractivity contribution is -0.118. The number of anilines is 1. The fourth-order valence-corrected chi connectivity index (χ4v) is 4.55. The second-order valence-corrected chi connectivity index (χ2v) is 7.14. The number of halogens is 1. The van der Waals surface area contributed by atoms with Gasteiger partial charge in [-0.2, -0.15) is 0 Å². The molecule has 0 saturated carbocycles. The largest absolute Gasteiger partial charge is 0.322 e. The topological polar surface area (TPSA) is 46.2 Å². The number of rotatable bonds is 3. The number of ketones is 1. The van der Waals surface area contributed by atoms with Crippen LogP contribution in [0.3, 0.4) is 0 Å². The zero-order valence-corrected chi connectivity index (χ0v) is 13.3. The van der Waals surface area contributed by atoms with E-state index in [-0.39, 0.29) is 17.3 Å². The van der Waals surface area contributed by atoms with Gasteiger partial charge in [0.05, 0.1) is 4.24 Å². The van der Waals surface area contributed by atoms with Gasteiger partial charge in [-0.3, -0.25) is 9.59 Å². The summed E-state index contributed by atoms with van der Waals surface area (Å²) in [5.41, 5.74) is 0.888. The number of amides is 1. The first-order valence-corrected chi connectivity index (χ1v) is 8.50. The monoisotopic (exact) mass is 327 g/mol. The molecule has 6 heteroatoms. The molecule has 1 aliphatic rings. The van der Waals surface area contributed by atoms with E-state index >= 15 is 0 Å². The molecule has 1 saturated heterocycles. The van der Waals surface area contributed by atoms with Crippen LogP contribution in [-0.4, -0.2) is 23.2 Å². The average molecular weight is 328 g/mol. The Bertz CT molecular complexity index is 547. The van der Waals surface area contributed by atoms with Gasteiger partial charge < -0.3 is 5.32 Å². The van der Waals surface area contributed by atoms with Crippen LogP contribution in [0.25, 0.3) is 0 Å². The third-order valence-corrected chi connectivity index (χ3v) is 5.52. The SMILES string of the molecule is CC(=O)C(C(=O)Nc1ccc(Cl)cc1)=C1SCCCS1. The van der Waals surface area contributed by atoms with E-state index in [1.165, 1.54) is 6.92 Å². The number of carbonyl (C=O) groups excluding carboxylic acids is 2. The van der Waals surface area contributed by atoms with E-state index in [0.29, 0.717) is 10.7 Å². The van der Waals surface area contributed by atoms with Crippen LogP contribution >= 0.6 is 35.1 Å². The van der Waals surface area contributed by atoms with Crippen molar-refractivity contribution in [1.29, 1.82) is 0 Å². The molecule has 20 heavy (non-hydrogen) atoms. The van der Waals surface area contributed by atoms with Gasteiger partial charge in [0.25, 0.3) is 5.91 Å². The van der Waals surface area contributed by atoms with Crippen LogP contribution in [-0.2, 0) is 9.59 Å². The summed E-state index contributed by atoms with van der Waals surface area (Å²) in [4.78, 5) is 24.1. The van der Waals surface area contributed by atoms with Crippen molar-refractivity contribution in [1.82, 2.24) is 0 Å². The van der Waals surface area contributed by atoms with Crippen LogP contribution in [0.2, 0.25) is 5.02 Å². The van der Waals surface area contributed by atoms with E-state index in [4.69, 9.17) is 11.6 Å². The second kappa shape index (κ2) is 7.20. The molecule has 2 rings (SSSR count). The lowest BCUT2D eigenvalue weighted by atomic mass is 10.2. The van der Waals surface area contributed by atoms with Crippen molar-refractivity contribution in [2.75, 3.05) is 16.8 Å². The van der Waals surface area contributed by atoms with Crippen LogP contribution in [0.15, 0.2) is 34.1 Å². The van der Waals surface area contributed by atoms with Crippen LogP contribution in [0.5, 0.6) is 0 Å². The Hall–Kier alpha value is -0.910. The number of thioether (sulfide) groups is 2. The Morgan fingerprint density at radius 1 is 1.15 bits per heavy atom. The Kier molecular flexibility index (Phi) is 5.57. The predicted molar refractivity (Wildman–Crippen MR) is 87.3 cm³/mol. The summed E-state index contributed by atoms with van der Waals surface area (Å²) in [6, 6.07) is 6.82. The maximum absolute atomic E-state index is 12.3. The van der Waals surface area contributed by atoms with Gasteiger partial charge in [0.15, 0.2) is 5.78 Å². The first-order valence-electron chi connectivity index (χ1n) is 6.15. The highest BCUT2D eigenvalue weighted by Gasteiger charge is 2.22. The number of hydrogen-bond donors (Lipinski definition) is 1. The van der Waals surface area contributed by atoms with Crippen molar-refractivity contribution >= 4 is 52.5 Å². The molecule has 0 aromatic heterocycles. The zero-order valence-electron chi connectivity index (χ0n) is 10.9. The van der Waals surface area contributed by atoms with Crippen molar-refractivity contribution in [2.45, 2.75) is 13.3 Å². The zero-order chi connectivity index (χ0) is 14.5. The summed E-state index contributed by atoms with van der Waals surface area (Å²) < 4.78 is 0.829. The fraction of sp³-hybridized carbons (Fsp3) is 0.286. The molecule has 1 heterocycles. The number of nitrogens with one attached hydrogen (secondary N) is 1. The van der Waals surface area contributed by atoms with Crippen LogP contribution in [0, 0.1) is 0 Å². The molecule has 1 aliphatic heterocycles. The van der Waals surface area contributed by atoms with E-state index in [1.54, 1.807) is 47.8 Å². The molecule has 3 nitrogen and oxygen atoms in total. The molecule has 1 aromatic rings. The normalized spacial score (nSPS) is 14.8. The molecule has 106 valence electrons. The van der Waals surface area contributed by atoms with Crippen molar-refractivity contribution in [2.24, 2.45) is 0 Å². The van der Waals surface area contributed by atoms with E-state index in [2.05, 4.69) is 5.32 Å². The summed E-state index contributed by atoms with van der Waals surface area (Å²) in [5.74, 6) is 1.35. The number of Topliss-reactive ketones (excluding diaryl/α,β-unsaturated/α-hetero) is 1. The Labute approximate surface area is 131 Å². The lowest BCUT2D eigenvalue weighted by Gasteiger charge is -2.16. The van der Waals surface area contributed by atoms with Crippen LogP contribution < -0.4 is 5.32 Å². The van der Waals surface area contributed by atoms with Crippen molar-refractivity contribution in [3.8, 4) is 0 Å². The van der Waals surface area contributed by atoms with E-state index in [0.717, 1.165) is 22.2 Å². The van der Waals surface area contributed by atoms with Gasteiger partial charge in [-0.1, -0.05) is 11.6 Å². The molecular formula is C14H14ClNO2S2. The van der Waals surface area contributed by atoms with Crippen LogP contribution in [0.4, 0.5) is 5.69 Å². The highest BCUT2D eigenvalue weighted by atomic mass is 35.5. The van der Waals surface area contributed by atoms with Crippen molar-refractivity contribution in [3.63, 3.8) is 0 Å². The highest BCUT2D eigenvalue weighted by Crippen LogP contribution is 2.37. The molecule has 1 aromatic carbocycles. The Morgan fingerprint density at radius 2 is 1.75 bits per heavy atom. The Morgan fingerprint density at radius 3 is 2.30 bits per heavy atom. The minimum atomic E-state index is -0.350. The number of carbonyl (C=O) groups is 2. The minimum Gasteiger partial charge on any atom is -0.322 e. The Balaban J connectivity index is 2.19. The first-order chi connectivity index (χ1) is 9.58. The van der Waals surface area contributed by atoms with Gasteiger partial charge in [-0.25, -0.2) is 0 Å². The quantitative estimate of drug-likeness (QED) is 0.519. The fourth-order valence-electron chi connectivity index (χ4n) is 1.70. The second-order valence-electron chi connectivity index (χ2n) is 4.23. The van der Waals surface area contributed by atoms with Gasteiger partial charge in [0.2, 0.25) is 0 Å². The van der Waals surface area contributed by atoms with Gasteiger partial charge in [0.1, 0.15) is 5.57 Å². The van der Waals surface area contributed by atoms with E-state index in [1.807, 2.05) is 0 Å². The first kappa shape index (κ1) is 15.5. The third kappa shape index (κ3) is 4.04. The molecule has 0 unspecified atom stereocenters. The summed E-state index contributed by atoms with van der Waals surface area (Å²) in [6.07, 6.45) is 1.10. The van der Waals surface area contributed by atoms with Gasteiger partial charge >= 0.3 is 0 Å². The van der Waals surface area contributed by atoms with Gasteiger partial charge in [-0.15, -0.1) is 23.5 Å². The molecule has 0 bridgehead atoms. The summed E-state index contributed by atoms with van der Waals surface area (Å²) in [5, 5.41) is 3.35. The van der Waals surface area contributed by atoms with Gasteiger partial charge in [0, 0.05) is 10.7 Å². The number of benzene rings is 1. The highest BCUT2D eigenvalue weighted by molar-refractivity contribution is 8.22. The molecule has 1 amide bonds. The molecule has 0 radical (unpaired) electrons. The van der Waals surface area contributed by atoms with Crippen LogP contribution in [0.1, 0.15) is 13.3 Å². The number of hydrogen-bond acceptors (Lipinski definition) is 4. The molecule has 0 aliphatic carbocycles. The summed E-state index contributed by atoms with van der Waals surface area (Å²) in [6.45, 7) is 1.43.